The van der Waals surface area contributed by atoms with Crippen molar-refractivity contribution < 1.29 is 18.0 Å². The third-order valence-electron chi connectivity index (χ3n) is 4.88. The van der Waals surface area contributed by atoms with E-state index in [2.05, 4.69) is 30.7 Å². The molecule has 0 bridgehead atoms. The lowest BCUT2D eigenvalue weighted by Gasteiger charge is -2.09. The molecule has 0 radical (unpaired) electrons. The summed E-state index contributed by atoms with van der Waals surface area (Å²) >= 11 is 0. The topological polar surface area (TPSA) is 97.6 Å². The fourth-order valence-electron chi connectivity index (χ4n) is 3.16. The van der Waals surface area contributed by atoms with Gasteiger partial charge in [0.05, 0.1) is 23.9 Å². The fraction of sp³-hybridized carbons (Fsp3) is 0.174. The minimum atomic E-state index is -4.48. The van der Waals surface area contributed by atoms with Gasteiger partial charge in [0, 0.05) is 50.1 Å². The molecule has 174 valence electrons. The van der Waals surface area contributed by atoms with Crippen LogP contribution in [0.4, 0.5) is 24.8 Å². The van der Waals surface area contributed by atoms with Crippen LogP contribution in [-0.4, -0.2) is 30.6 Å². The fourth-order valence-corrected chi connectivity index (χ4v) is 3.16. The van der Waals surface area contributed by atoms with Gasteiger partial charge in [0.2, 0.25) is 11.9 Å². The first-order valence-corrected chi connectivity index (χ1v) is 10.2. The van der Waals surface area contributed by atoms with Crippen LogP contribution in [0.15, 0.2) is 67.5 Å². The van der Waals surface area contributed by atoms with Gasteiger partial charge >= 0.3 is 6.18 Å². The highest BCUT2D eigenvalue weighted by Gasteiger charge is 2.30. The second-order valence-corrected chi connectivity index (χ2v) is 7.55. The Kier molecular flexibility index (Phi) is 6.53. The number of aryl methyl sites for hydroxylation is 1. The van der Waals surface area contributed by atoms with Crippen molar-refractivity contribution in [2.45, 2.75) is 19.1 Å². The molecule has 0 saturated heterocycles. The Morgan fingerprint density at radius 1 is 0.971 bits per heavy atom. The predicted molar refractivity (Wildman–Crippen MR) is 119 cm³/mol. The van der Waals surface area contributed by atoms with Gasteiger partial charge in [-0.1, -0.05) is 24.3 Å². The predicted octanol–water partition coefficient (Wildman–Crippen LogP) is 3.89. The Morgan fingerprint density at radius 2 is 1.71 bits per heavy atom. The highest BCUT2D eigenvalue weighted by molar-refractivity contribution is 5.78. The second kappa shape index (κ2) is 9.69. The molecule has 34 heavy (non-hydrogen) atoms. The molecule has 0 unspecified atom stereocenters. The lowest BCUT2D eigenvalue weighted by Crippen LogP contribution is -2.24. The number of carbonyl (C=O) groups is 1. The van der Waals surface area contributed by atoms with Crippen molar-refractivity contribution in [1.82, 2.24) is 30.0 Å². The number of carbonyl (C=O) groups excluding carboxylic acids is 1. The lowest BCUT2D eigenvalue weighted by molar-refractivity contribution is -0.137. The second-order valence-electron chi connectivity index (χ2n) is 7.55. The van der Waals surface area contributed by atoms with E-state index in [-0.39, 0.29) is 24.4 Å². The third kappa shape index (κ3) is 5.94. The van der Waals surface area contributed by atoms with Crippen LogP contribution in [0, 0.1) is 0 Å². The quantitative estimate of drug-likeness (QED) is 0.428. The highest BCUT2D eigenvalue weighted by Crippen LogP contribution is 2.28. The Labute approximate surface area is 192 Å². The molecule has 0 saturated carbocycles. The summed E-state index contributed by atoms with van der Waals surface area (Å²) in [7, 11) is 1.82. The first kappa shape index (κ1) is 22.9. The van der Waals surface area contributed by atoms with Gasteiger partial charge in [-0.2, -0.15) is 18.3 Å². The average molecular weight is 467 g/mol. The van der Waals surface area contributed by atoms with Crippen molar-refractivity contribution in [3.8, 4) is 11.1 Å². The van der Waals surface area contributed by atoms with Crippen LogP contribution in [0.3, 0.4) is 0 Å². The van der Waals surface area contributed by atoms with Crippen LogP contribution in [-0.2, 0) is 31.0 Å². The molecule has 2 N–H and O–H groups in total. The highest BCUT2D eigenvalue weighted by atomic mass is 19.4. The third-order valence-corrected chi connectivity index (χ3v) is 4.88. The maximum atomic E-state index is 12.8. The Balaban J connectivity index is 1.31. The number of hydrogen-bond donors (Lipinski definition) is 2. The number of benzene rings is 1. The van der Waals surface area contributed by atoms with E-state index in [0.717, 1.165) is 34.6 Å². The monoisotopic (exact) mass is 467 g/mol. The summed E-state index contributed by atoms with van der Waals surface area (Å²) in [5.41, 5.74) is 2.66. The summed E-state index contributed by atoms with van der Waals surface area (Å²) in [6.45, 7) is -0.0371. The molecular formula is C23H20F3N7O. The van der Waals surface area contributed by atoms with Crippen LogP contribution >= 0.6 is 0 Å². The van der Waals surface area contributed by atoms with Crippen molar-refractivity contribution >= 4 is 17.5 Å². The van der Waals surface area contributed by atoms with Gasteiger partial charge < -0.3 is 10.6 Å². The standard InChI is InChI=1S/C23H20F3N7O/c1-33-14-20(13-31-33)32-22-29-10-18(11-30-22)17-4-2-15(3-5-17)7-21(34)28-9-16-6-19(12-27-8-16)23(24,25)26/h2-6,8,10-14H,7,9H2,1H3,(H,28,34)(H,29,30,32). The van der Waals surface area contributed by atoms with Crippen LogP contribution in [0.1, 0.15) is 16.7 Å². The van der Waals surface area contributed by atoms with Gasteiger partial charge in [-0.05, 0) is 22.8 Å². The molecule has 3 heterocycles. The minimum absolute atomic E-state index is 0.0371. The van der Waals surface area contributed by atoms with E-state index >= 15 is 0 Å². The number of aromatic nitrogens is 5. The van der Waals surface area contributed by atoms with Crippen LogP contribution in [0.2, 0.25) is 0 Å². The van der Waals surface area contributed by atoms with E-state index in [1.54, 1.807) is 23.3 Å². The van der Waals surface area contributed by atoms with Gasteiger partial charge in [-0.3, -0.25) is 14.5 Å². The Bertz CT molecular complexity index is 1270. The van der Waals surface area contributed by atoms with Gasteiger partial charge in [-0.15, -0.1) is 0 Å². The Morgan fingerprint density at radius 3 is 2.35 bits per heavy atom. The largest absolute Gasteiger partial charge is 0.417 e. The van der Waals surface area contributed by atoms with E-state index in [0.29, 0.717) is 5.95 Å². The summed E-state index contributed by atoms with van der Waals surface area (Å²) in [5, 5.41) is 9.75. The van der Waals surface area contributed by atoms with Crippen LogP contribution in [0.5, 0.6) is 0 Å². The van der Waals surface area contributed by atoms with E-state index in [9.17, 15) is 18.0 Å². The number of halogens is 3. The number of rotatable bonds is 7. The van der Waals surface area contributed by atoms with Gasteiger partial charge in [0.15, 0.2) is 0 Å². The molecule has 0 aliphatic rings. The number of nitrogens with one attached hydrogen (secondary N) is 2. The number of amides is 1. The summed E-state index contributed by atoms with van der Waals surface area (Å²) in [6, 6.07) is 8.30. The zero-order valence-electron chi connectivity index (χ0n) is 18.0. The maximum absolute atomic E-state index is 12.8. The average Bonchev–Trinajstić information content (AvgIpc) is 3.23. The number of hydrogen-bond acceptors (Lipinski definition) is 6. The van der Waals surface area contributed by atoms with Crippen molar-refractivity contribution in [2.24, 2.45) is 7.05 Å². The first-order chi connectivity index (χ1) is 16.3. The molecule has 4 rings (SSSR count). The van der Waals surface area contributed by atoms with Crippen LogP contribution < -0.4 is 10.6 Å². The smallest absolute Gasteiger partial charge is 0.352 e. The zero-order valence-corrected chi connectivity index (χ0v) is 18.0. The number of nitrogens with zero attached hydrogens (tertiary/aromatic N) is 5. The summed E-state index contributed by atoms with van der Waals surface area (Å²) in [6.07, 6.45) is 4.53. The molecule has 3 aromatic heterocycles. The normalized spacial score (nSPS) is 11.3. The van der Waals surface area contributed by atoms with Crippen molar-refractivity contribution in [2.75, 3.05) is 5.32 Å². The van der Waals surface area contributed by atoms with Crippen molar-refractivity contribution in [3.05, 3.63) is 84.2 Å². The first-order valence-electron chi connectivity index (χ1n) is 10.2. The van der Waals surface area contributed by atoms with E-state index in [1.165, 1.54) is 6.20 Å². The lowest BCUT2D eigenvalue weighted by atomic mass is 10.0. The molecule has 0 spiro atoms. The van der Waals surface area contributed by atoms with Crippen LogP contribution in [0.25, 0.3) is 11.1 Å². The SMILES string of the molecule is Cn1cc(Nc2ncc(-c3ccc(CC(=O)NCc4cncc(C(F)(F)F)c4)cc3)cn2)cn1. The maximum Gasteiger partial charge on any atom is 0.417 e. The Hall–Kier alpha value is -4.28. The molecule has 0 aliphatic heterocycles. The van der Waals surface area contributed by atoms with E-state index in [1.807, 2.05) is 37.5 Å². The summed E-state index contributed by atoms with van der Waals surface area (Å²) in [5.74, 6) is 0.139. The number of alkyl halides is 3. The van der Waals surface area contributed by atoms with Crippen molar-refractivity contribution in [3.63, 3.8) is 0 Å². The molecule has 0 aliphatic carbocycles. The van der Waals surface area contributed by atoms with E-state index < -0.39 is 11.7 Å². The molecule has 0 fully saturated rings. The molecule has 8 nitrogen and oxygen atoms in total. The van der Waals surface area contributed by atoms with Gasteiger partial charge in [-0.25, -0.2) is 9.97 Å². The number of pyridine rings is 1. The zero-order chi connectivity index (χ0) is 24.1. The summed E-state index contributed by atoms with van der Waals surface area (Å²) in [4.78, 5) is 24.4. The van der Waals surface area contributed by atoms with E-state index in [4.69, 9.17) is 0 Å². The molecule has 0 atom stereocenters. The molecule has 4 aromatic rings. The number of anilines is 2. The molecule has 1 amide bonds. The summed E-state index contributed by atoms with van der Waals surface area (Å²) < 4.78 is 40.0. The van der Waals surface area contributed by atoms with Gasteiger partial charge in [0.1, 0.15) is 0 Å². The molecular weight excluding hydrogens is 447 g/mol. The minimum Gasteiger partial charge on any atom is -0.352 e. The molecule has 11 heteroatoms. The van der Waals surface area contributed by atoms with Gasteiger partial charge in [0.25, 0.3) is 0 Å². The molecule has 1 aromatic carbocycles. The van der Waals surface area contributed by atoms with Crippen molar-refractivity contribution in [1.29, 1.82) is 0 Å².